The molecule has 0 spiro atoms. The summed E-state index contributed by atoms with van der Waals surface area (Å²) in [5.74, 6) is -0.366. The molecule has 0 bridgehead atoms. The predicted octanol–water partition coefficient (Wildman–Crippen LogP) is 4.39. The second-order valence-electron chi connectivity index (χ2n) is 4.03. The fourth-order valence-corrected chi connectivity index (χ4v) is 2.58. The SMILES string of the molecule is OCC(Nc1ccccc1F)c1ccc(Br)cc1Cl. The van der Waals surface area contributed by atoms with E-state index in [0.717, 1.165) is 10.0 Å². The highest BCUT2D eigenvalue weighted by atomic mass is 79.9. The van der Waals surface area contributed by atoms with Gasteiger partial charge in [-0.3, -0.25) is 0 Å². The second-order valence-corrected chi connectivity index (χ2v) is 5.35. The maximum atomic E-state index is 13.6. The largest absolute Gasteiger partial charge is 0.394 e. The van der Waals surface area contributed by atoms with Crippen LogP contribution in [0.2, 0.25) is 5.02 Å². The molecule has 0 aromatic heterocycles. The highest BCUT2D eigenvalue weighted by molar-refractivity contribution is 9.10. The zero-order valence-corrected chi connectivity index (χ0v) is 12.2. The summed E-state index contributed by atoms with van der Waals surface area (Å²) in [4.78, 5) is 0. The quantitative estimate of drug-likeness (QED) is 0.862. The van der Waals surface area contributed by atoms with E-state index >= 15 is 0 Å². The topological polar surface area (TPSA) is 32.3 Å². The van der Waals surface area contributed by atoms with Crippen LogP contribution in [0.3, 0.4) is 0 Å². The number of benzene rings is 2. The number of rotatable bonds is 4. The standard InChI is InChI=1S/C14H12BrClFNO/c15-9-5-6-10(11(16)7-9)14(8-19)18-13-4-2-1-3-12(13)17/h1-7,14,18-19H,8H2. The summed E-state index contributed by atoms with van der Waals surface area (Å²) in [6, 6.07) is 11.2. The molecule has 1 unspecified atom stereocenters. The number of hydrogen-bond acceptors (Lipinski definition) is 2. The Morgan fingerprint density at radius 2 is 2.00 bits per heavy atom. The third-order valence-electron chi connectivity index (χ3n) is 2.72. The van der Waals surface area contributed by atoms with Crippen LogP contribution in [-0.2, 0) is 0 Å². The normalized spacial score (nSPS) is 12.2. The molecule has 0 saturated carbocycles. The van der Waals surface area contributed by atoms with Crippen molar-refractivity contribution in [3.8, 4) is 0 Å². The molecule has 2 rings (SSSR count). The highest BCUT2D eigenvalue weighted by Gasteiger charge is 2.15. The molecular weight excluding hydrogens is 333 g/mol. The predicted molar refractivity (Wildman–Crippen MR) is 79.0 cm³/mol. The van der Waals surface area contributed by atoms with Gasteiger partial charge < -0.3 is 10.4 Å². The first-order valence-electron chi connectivity index (χ1n) is 5.68. The molecule has 2 aromatic carbocycles. The van der Waals surface area contributed by atoms with Gasteiger partial charge in [0, 0.05) is 9.50 Å². The summed E-state index contributed by atoms with van der Waals surface area (Å²) in [6.07, 6.45) is 0. The fraction of sp³-hybridized carbons (Fsp3) is 0.143. The van der Waals surface area contributed by atoms with E-state index < -0.39 is 6.04 Å². The van der Waals surface area contributed by atoms with E-state index in [0.29, 0.717) is 10.7 Å². The molecule has 0 amide bonds. The van der Waals surface area contributed by atoms with Crippen LogP contribution < -0.4 is 5.32 Å². The Kier molecular flexibility index (Phi) is 4.80. The van der Waals surface area contributed by atoms with Gasteiger partial charge in [-0.1, -0.05) is 45.7 Å². The molecule has 19 heavy (non-hydrogen) atoms. The van der Waals surface area contributed by atoms with Crippen LogP contribution in [0.15, 0.2) is 46.9 Å². The summed E-state index contributed by atoms with van der Waals surface area (Å²) in [5.41, 5.74) is 1.05. The first-order valence-corrected chi connectivity index (χ1v) is 6.86. The number of hydrogen-bond donors (Lipinski definition) is 2. The maximum absolute atomic E-state index is 13.6. The van der Waals surface area contributed by atoms with Crippen molar-refractivity contribution in [2.75, 3.05) is 11.9 Å². The van der Waals surface area contributed by atoms with Crippen molar-refractivity contribution in [2.45, 2.75) is 6.04 Å². The van der Waals surface area contributed by atoms with Crippen molar-refractivity contribution >= 4 is 33.2 Å². The third kappa shape index (κ3) is 3.47. The molecule has 0 saturated heterocycles. The zero-order valence-electron chi connectivity index (χ0n) is 9.91. The van der Waals surface area contributed by atoms with Gasteiger partial charge in [-0.05, 0) is 29.8 Å². The number of halogens is 3. The van der Waals surface area contributed by atoms with Gasteiger partial charge in [0.25, 0.3) is 0 Å². The van der Waals surface area contributed by atoms with E-state index in [9.17, 15) is 9.50 Å². The van der Waals surface area contributed by atoms with Crippen LogP contribution in [0.4, 0.5) is 10.1 Å². The van der Waals surface area contributed by atoms with Crippen LogP contribution in [0.25, 0.3) is 0 Å². The van der Waals surface area contributed by atoms with Crippen LogP contribution >= 0.6 is 27.5 Å². The number of anilines is 1. The smallest absolute Gasteiger partial charge is 0.146 e. The van der Waals surface area contributed by atoms with Crippen molar-refractivity contribution in [1.29, 1.82) is 0 Å². The third-order valence-corrected chi connectivity index (χ3v) is 3.54. The monoisotopic (exact) mass is 343 g/mol. The number of para-hydroxylation sites is 1. The van der Waals surface area contributed by atoms with Gasteiger partial charge in [0.05, 0.1) is 18.3 Å². The number of aliphatic hydroxyl groups is 1. The van der Waals surface area contributed by atoms with E-state index in [1.165, 1.54) is 6.07 Å². The Morgan fingerprint density at radius 1 is 1.26 bits per heavy atom. The van der Waals surface area contributed by atoms with Crippen LogP contribution in [0, 0.1) is 5.82 Å². The van der Waals surface area contributed by atoms with E-state index in [1.54, 1.807) is 30.3 Å². The van der Waals surface area contributed by atoms with Crippen LogP contribution in [0.5, 0.6) is 0 Å². The fourth-order valence-electron chi connectivity index (χ4n) is 1.77. The molecule has 2 N–H and O–H groups in total. The molecule has 0 aliphatic carbocycles. The zero-order chi connectivity index (χ0) is 13.8. The van der Waals surface area contributed by atoms with Gasteiger partial charge in [-0.15, -0.1) is 0 Å². The Bertz CT molecular complexity index is 579. The van der Waals surface area contributed by atoms with Crippen LogP contribution in [-0.4, -0.2) is 11.7 Å². The average Bonchev–Trinajstić information content (AvgIpc) is 2.39. The minimum Gasteiger partial charge on any atom is -0.394 e. The van der Waals surface area contributed by atoms with Crippen molar-refractivity contribution in [1.82, 2.24) is 0 Å². The number of nitrogens with one attached hydrogen (secondary N) is 1. The van der Waals surface area contributed by atoms with E-state index in [-0.39, 0.29) is 12.4 Å². The Hall–Kier alpha value is -1.10. The van der Waals surface area contributed by atoms with Gasteiger partial charge in [0.2, 0.25) is 0 Å². The molecule has 0 aliphatic heterocycles. The van der Waals surface area contributed by atoms with Gasteiger partial charge >= 0.3 is 0 Å². The first kappa shape index (κ1) is 14.3. The molecule has 0 fully saturated rings. The van der Waals surface area contributed by atoms with Gasteiger partial charge in [0.1, 0.15) is 5.82 Å². The summed E-state index contributed by atoms with van der Waals surface area (Å²) >= 11 is 9.45. The second kappa shape index (κ2) is 6.37. The lowest BCUT2D eigenvalue weighted by Crippen LogP contribution is -2.16. The Morgan fingerprint density at radius 3 is 2.63 bits per heavy atom. The molecule has 0 aliphatic rings. The molecule has 100 valence electrons. The molecular formula is C14H12BrClFNO. The molecule has 1 atom stereocenters. The summed E-state index contributed by atoms with van der Waals surface area (Å²) in [7, 11) is 0. The average molecular weight is 345 g/mol. The van der Waals surface area contributed by atoms with E-state index in [4.69, 9.17) is 11.6 Å². The van der Waals surface area contributed by atoms with Gasteiger partial charge in [0.15, 0.2) is 0 Å². The molecule has 0 heterocycles. The van der Waals surface area contributed by atoms with E-state index in [1.807, 2.05) is 6.07 Å². The highest BCUT2D eigenvalue weighted by Crippen LogP contribution is 2.29. The van der Waals surface area contributed by atoms with Crippen molar-refractivity contribution in [3.63, 3.8) is 0 Å². The molecule has 2 aromatic rings. The van der Waals surface area contributed by atoms with Gasteiger partial charge in [-0.25, -0.2) is 4.39 Å². The van der Waals surface area contributed by atoms with Crippen molar-refractivity contribution in [2.24, 2.45) is 0 Å². The number of aliphatic hydroxyl groups excluding tert-OH is 1. The molecule has 0 radical (unpaired) electrons. The maximum Gasteiger partial charge on any atom is 0.146 e. The lowest BCUT2D eigenvalue weighted by atomic mass is 10.1. The van der Waals surface area contributed by atoms with Crippen molar-refractivity contribution < 1.29 is 9.50 Å². The van der Waals surface area contributed by atoms with Gasteiger partial charge in [-0.2, -0.15) is 0 Å². The van der Waals surface area contributed by atoms with Crippen molar-refractivity contribution in [3.05, 3.63) is 63.3 Å². The molecule has 2 nitrogen and oxygen atoms in total. The lowest BCUT2D eigenvalue weighted by Gasteiger charge is -2.19. The van der Waals surface area contributed by atoms with Crippen LogP contribution in [0.1, 0.15) is 11.6 Å². The Balaban J connectivity index is 2.28. The summed E-state index contributed by atoms with van der Waals surface area (Å²) in [6.45, 7) is -0.185. The minimum absolute atomic E-state index is 0.185. The first-order chi connectivity index (χ1) is 9.11. The lowest BCUT2D eigenvalue weighted by molar-refractivity contribution is 0.276. The summed E-state index contributed by atoms with van der Waals surface area (Å²) in [5, 5.41) is 12.9. The van der Waals surface area contributed by atoms with E-state index in [2.05, 4.69) is 21.2 Å². The summed E-state index contributed by atoms with van der Waals surface area (Å²) < 4.78 is 14.4. The Labute approximate surface area is 124 Å². The minimum atomic E-state index is -0.461. The molecule has 5 heteroatoms.